The van der Waals surface area contributed by atoms with Crippen LogP contribution in [0, 0.1) is 5.92 Å². The summed E-state index contributed by atoms with van der Waals surface area (Å²) in [7, 11) is 1.32. The fraction of sp³-hybridized carbons (Fsp3) is 0.500. The maximum Gasteiger partial charge on any atom is 0.331 e. The Balaban J connectivity index is 1.81. The molecule has 0 radical (unpaired) electrons. The minimum absolute atomic E-state index is 0.0421. The Kier molecular flexibility index (Phi) is 8.07. The van der Waals surface area contributed by atoms with Gasteiger partial charge in [-0.15, -0.1) is 0 Å². The summed E-state index contributed by atoms with van der Waals surface area (Å²) in [5.41, 5.74) is 6.80. The van der Waals surface area contributed by atoms with Crippen LogP contribution >= 0.6 is 12.2 Å². The second-order valence-corrected chi connectivity index (χ2v) is 7.32. The van der Waals surface area contributed by atoms with Gasteiger partial charge in [-0.3, -0.25) is 9.59 Å². The lowest BCUT2D eigenvalue weighted by Crippen LogP contribution is -2.43. The number of nitrogens with zero attached hydrogens (tertiary/aromatic N) is 1. The van der Waals surface area contributed by atoms with Gasteiger partial charge in [0.1, 0.15) is 11.6 Å². The predicted octanol–water partition coefficient (Wildman–Crippen LogP) is 1.71. The molecule has 7 nitrogen and oxygen atoms in total. The number of piperidine rings is 1. The Morgan fingerprint density at radius 1 is 1.18 bits per heavy atom. The summed E-state index contributed by atoms with van der Waals surface area (Å²) < 4.78 is 10.0. The lowest BCUT2D eigenvalue weighted by Gasteiger charge is -2.33. The number of methoxy groups -OCH3 is 1. The van der Waals surface area contributed by atoms with Crippen molar-refractivity contribution in [2.45, 2.75) is 32.3 Å². The number of hydrogen-bond acceptors (Lipinski definition) is 6. The minimum Gasteiger partial charge on any atom is -0.467 e. The molecule has 1 aromatic rings. The molecular formula is C20H26N2O5S. The highest BCUT2D eigenvalue weighted by Crippen LogP contribution is 2.19. The fourth-order valence-corrected chi connectivity index (χ4v) is 3.24. The summed E-state index contributed by atoms with van der Waals surface area (Å²) in [5, 5.41) is 0. The first-order valence-electron chi connectivity index (χ1n) is 9.22. The maximum atomic E-state index is 12.7. The lowest BCUT2D eigenvalue weighted by molar-refractivity contribution is -0.150. The zero-order chi connectivity index (χ0) is 20.7. The van der Waals surface area contributed by atoms with Crippen LogP contribution in [-0.2, 0) is 19.1 Å². The summed E-state index contributed by atoms with van der Waals surface area (Å²) in [6, 6.07) is 6.78. The van der Waals surface area contributed by atoms with Crippen molar-refractivity contribution < 1.29 is 23.9 Å². The number of Topliss-reactive ketones (excluding diaryl/α,β-unsaturated/α-hetero) is 1. The molecule has 1 aliphatic rings. The van der Waals surface area contributed by atoms with E-state index in [2.05, 4.69) is 4.74 Å². The summed E-state index contributed by atoms with van der Waals surface area (Å²) >= 11 is 4.90. The van der Waals surface area contributed by atoms with E-state index in [9.17, 15) is 14.4 Å². The summed E-state index contributed by atoms with van der Waals surface area (Å²) in [4.78, 5) is 38.3. The number of ether oxygens (including phenoxy) is 2. The van der Waals surface area contributed by atoms with E-state index in [4.69, 9.17) is 22.7 Å². The highest BCUT2D eigenvalue weighted by molar-refractivity contribution is 7.80. The van der Waals surface area contributed by atoms with E-state index < -0.39 is 11.9 Å². The molecule has 2 rings (SSSR count). The van der Waals surface area contributed by atoms with Gasteiger partial charge in [0.25, 0.3) is 0 Å². The number of hydrogen-bond donors (Lipinski definition) is 1. The van der Waals surface area contributed by atoms with Crippen LogP contribution in [0.3, 0.4) is 0 Å². The van der Waals surface area contributed by atoms with Gasteiger partial charge in [0.15, 0.2) is 5.78 Å². The third kappa shape index (κ3) is 6.10. The van der Waals surface area contributed by atoms with Gasteiger partial charge in [0.2, 0.25) is 5.91 Å². The number of rotatable bonds is 8. The van der Waals surface area contributed by atoms with E-state index in [1.165, 1.54) is 7.11 Å². The van der Waals surface area contributed by atoms with Gasteiger partial charge in [0.05, 0.1) is 13.2 Å². The van der Waals surface area contributed by atoms with Crippen molar-refractivity contribution in [3.05, 3.63) is 35.4 Å². The van der Waals surface area contributed by atoms with Crippen molar-refractivity contribution in [2.24, 2.45) is 11.7 Å². The highest BCUT2D eigenvalue weighted by Gasteiger charge is 2.28. The third-order valence-corrected chi connectivity index (χ3v) is 5.06. The number of amides is 1. The second-order valence-electron chi connectivity index (χ2n) is 6.88. The number of ketones is 1. The maximum absolute atomic E-state index is 12.7. The molecule has 1 atom stereocenters. The van der Waals surface area contributed by atoms with E-state index in [0.717, 1.165) is 0 Å². The minimum atomic E-state index is -0.410. The Hall–Kier alpha value is -2.32. The van der Waals surface area contributed by atoms with Crippen LogP contribution in [0.4, 0.5) is 0 Å². The number of carbonyl (C=O) groups excluding carboxylic acids is 3. The molecule has 1 heterocycles. The van der Waals surface area contributed by atoms with Gasteiger partial charge < -0.3 is 20.1 Å². The number of thiocarbonyl (C=S) groups is 1. The van der Waals surface area contributed by atoms with E-state index in [1.54, 1.807) is 36.1 Å². The molecule has 1 aliphatic heterocycles. The molecule has 2 N–H and O–H groups in total. The SMILES string of the molecule is COC(=O)COC1CCN(C(=O)[C@H](C)CC(=O)c2ccc(C(N)=S)cc2)CC1. The molecule has 0 bridgehead atoms. The van der Waals surface area contributed by atoms with Crippen LogP contribution in [-0.4, -0.2) is 60.5 Å². The van der Waals surface area contributed by atoms with Crippen molar-refractivity contribution in [1.29, 1.82) is 0 Å². The molecule has 1 saturated heterocycles. The second kappa shape index (κ2) is 10.3. The molecule has 0 saturated carbocycles. The van der Waals surface area contributed by atoms with Gasteiger partial charge in [-0.1, -0.05) is 43.4 Å². The van der Waals surface area contributed by atoms with Gasteiger partial charge in [-0.2, -0.15) is 0 Å². The van der Waals surface area contributed by atoms with Crippen LogP contribution in [0.1, 0.15) is 42.1 Å². The molecule has 28 heavy (non-hydrogen) atoms. The molecule has 0 aromatic heterocycles. The highest BCUT2D eigenvalue weighted by atomic mass is 32.1. The normalized spacial score (nSPS) is 15.7. The fourth-order valence-electron chi connectivity index (χ4n) is 3.10. The largest absolute Gasteiger partial charge is 0.467 e. The number of esters is 1. The zero-order valence-corrected chi connectivity index (χ0v) is 17.0. The standard InChI is InChI=1S/C20H26N2O5S/c1-13(11-17(23)14-3-5-15(6-4-14)19(21)28)20(25)22-9-7-16(8-10-22)27-12-18(24)26-2/h3-6,13,16H,7-12H2,1-2H3,(H2,21,28)/t13-/m1/s1. The molecule has 152 valence electrons. The van der Waals surface area contributed by atoms with Crippen LogP contribution in [0.5, 0.6) is 0 Å². The Morgan fingerprint density at radius 2 is 1.75 bits per heavy atom. The number of carbonyl (C=O) groups is 3. The van der Waals surface area contributed by atoms with E-state index >= 15 is 0 Å². The predicted molar refractivity (Wildman–Crippen MR) is 108 cm³/mol. The van der Waals surface area contributed by atoms with Crippen LogP contribution in [0.2, 0.25) is 0 Å². The van der Waals surface area contributed by atoms with Crippen molar-refractivity contribution >= 4 is 34.9 Å². The van der Waals surface area contributed by atoms with Crippen molar-refractivity contribution in [3.8, 4) is 0 Å². The molecule has 8 heteroatoms. The summed E-state index contributed by atoms with van der Waals surface area (Å²) in [6.45, 7) is 2.79. The van der Waals surface area contributed by atoms with Gasteiger partial charge >= 0.3 is 5.97 Å². The van der Waals surface area contributed by atoms with Gasteiger partial charge in [-0.05, 0) is 12.8 Å². The first-order chi connectivity index (χ1) is 13.3. The molecular weight excluding hydrogens is 380 g/mol. The average Bonchev–Trinajstić information content (AvgIpc) is 2.71. The monoisotopic (exact) mass is 406 g/mol. The Labute approximate surface area is 170 Å². The molecule has 1 fully saturated rings. The van der Waals surface area contributed by atoms with Gasteiger partial charge in [0, 0.05) is 36.6 Å². The van der Waals surface area contributed by atoms with Crippen LogP contribution < -0.4 is 5.73 Å². The topological polar surface area (TPSA) is 98.9 Å². The summed E-state index contributed by atoms with van der Waals surface area (Å²) in [6.07, 6.45) is 1.39. The lowest BCUT2D eigenvalue weighted by atomic mass is 9.96. The molecule has 1 aromatic carbocycles. The smallest absolute Gasteiger partial charge is 0.331 e. The van der Waals surface area contributed by atoms with E-state index in [0.29, 0.717) is 37.1 Å². The quantitative estimate of drug-likeness (QED) is 0.399. The molecule has 1 amide bonds. The number of benzene rings is 1. The van der Waals surface area contributed by atoms with Gasteiger partial charge in [-0.25, -0.2) is 4.79 Å². The van der Waals surface area contributed by atoms with E-state index in [-0.39, 0.29) is 35.8 Å². The molecule has 0 aliphatic carbocycles. The first-order valence-corrected chi connectivity index (χ1v) is 9.63. The van der Waals surface area contributed by atoms with E-state index in [1.807, 2.05) is 0 Å². The molecule has 0 unspecified atom stereocenters. The Morgan fingerprint density at radius 3 is 2.29 bits per heavy atom. The third-order valence-electron chi connectivity index (χ3n) is 4.82. The van der Waals surface area contributed by atoms with Crippen LogP contribution in [0.25, 0.3) is 0 Å². The number of nitrogens with two attached hydrogens (primary N) is 1. The Bertz CT molecular complexity index is 727. The van der Waals surface area contributed by atoms with Crippen molar-refractivity contribution in [3.63, 3.8) is 0 Å². The average molecular weight is 407 g/mol. The zero-order valence-electron chi connectivity index (χ0n) is 16.2. The van der Waals surface area contributed by atoms with Crippen molar-refractivity contribution in [2.75, 3.05) is 26.8 Å². The first kappa shape index (κ1) is 22.0. The molecule has 0 spiro atoms. The number of likely N-dealkylation sites (tertiary alicyclic amines) is 1. The van der Waals surface area contributed by atoms with Crippen molar-refractivity contribution in [1.82, 2.24) is 4.90 Å². The van der Waals surface area contributed by atoms with Crippen LogP contribution in [0.15, 0.2) is 24.3 Å². The summed E-state index contributed by atoms with van der Waals surface area (Å²) in [5.74, 6) is -0.951.